The molecule has 2 aliphatic carbocycles. The molecule has 2 aliphatic rings. The Bertz CT molecular complexity index is 978. The van der Waals surface area contributed by atoms with Gasteiger partial charge in [0.15, 0.2) is 0 Å². The standard InChI is InChI=1S/C33H54N4O5/c1-24(2)20-29(38)33(42)28(21-25-10-6-5-7-11-25)37(22-26-13-14-26)31(40)16-15-30(39)36(23-32(41)35(3)4)19-17-27-12-8-9-18-34-27/h8-9,12,18,24-26,28-29,33,38,42H,5-7,10-11,13-17,19-23H2,1-4H3/t28-,29-,33+/m0/s1. The fourth-order valence-corrected chi connectivity index (χ4v) is 6.00. The van der Waals surface area contributed by atoms with Crippen LogP contribution in [0.2, 0.25) is 0 Å². The molecule has 9 nitrogen and oxygen atoms in total. The molecule has 2 N–H and O–H groups in total. The lowest BCUT2D eigenvalue weighted by molar-refractivity contribution is -0.144. The molecule has 2 fully saturated rings. The molecule has 42 heavy (non-hydrogen) atoms. The molecule has 3 rings (SSSR count). The molecule has 9 heteroatoms. The highest BCUT2D eigenvalue weighted by atomic mass is 16.3. The molecule has 0 aliphatic heterocycles. The molecule has 1 aromatic heterocycles. The maximum Gasteiger partial charge on any atom is 0.241 e. The number of carbonyl (C=O) groups is 3. The summed E-state index contributed by atoms with van der Waals surface area (Å²) in [5, 5.41) is 22.4. The number of pyridine rings is 1. The molecule has 3 atom stereocenters. The van der Waals surface area contributed by atoms with Crippen LogP contribution in [0.25, 0.3) is 0 Å². The van der Waals surface area contributed by atoms with E-state index in [1.165, 1.54) is 16.2 Å². The van der Waals surface area contributed by atoms with E-state index in [4.69, 9.17) is 0 Å². The van der Waals surface area contributed by atoms with Gasteiger partial charge >= 0.3 is 0 Å². The van der Waals surface area contributed by atoms with Gasteiger partial charge in [0.1, 0.15) is 6.10 Å². The average molecular weight is 587 g/mol. The second-order valence-corrected chi connectivity index (χ2v) is 13.2. The second kappa shape index (κ2) is 16.9. The van der Waals surface area contributed by atoms with Crippen LogP contribution in [0.3, 0.4) is 0 Å². The van der Waals surface area contributed by atoms with E-state index in [0.717, 1.165) is 44.2 Å². The van der Waals surface area contributed by atoms with Gasteiger partial charge in [0.2, 0.25) is 17.7 Å². The zero-order valence-corrected chi connectivity index (χ0v) is 26.3. The van der Waals surface area contributed by atoms with Gasteiger partial charge in [-0.05, 0) is 55.6 Å². The van der Waals surface area contributed by atoms with Gasteiger partial charge in [-0.1, -0.05) is 52.0 Å². The van der Waals surface area contributed by atoms with E-state index in [1.807, 2.05) is 32.0 Å². The molecule has 0 unspecified atom stereocenters. The van der Waals surface area contributed by atoms with Crippen molar-refractivity contribution in [3.63, 3.8) is 0 Å². The minimum absolute atomic E-state index is 0.00988. The Balaban J connectivity index is 1.72. The van der Waals surface area contributed by atoms with E-state index in [9.17, 15) is 24.6 Å². The summed E-state index contributed by atoms with van der Waals surface area (Å²) in [6.07, 6.45) is 9.24. The summed E-state index contributed by atoms with van der Waals surface area (Å²) in [5.74, 6) is 0.457. The number of amides is 3. The third-order valence-electron chi connectivity index (χ3n) is 8.77. The number of aliphatic hydroxyl groups is 2. The molecule has 1 aromatic rings. The van der Waals surface area contributed by atoms with Crippen LogP contribution < -0.4 is 0 Å². The number of likely N-dealkylation sites (N-methyl/N-ethyl adjacent to an activating group) is 1. The van der Waals surface area contributed by atoms with Crippen molar-refractivity contribution in [3.8, 4) is 0 Å². The number of nitrogens with zero attached hydrogens (tertiary/aromatic N) is 4. The predicted molar refractivity (Wildman–Crippen MR) is 163 cm³/mol. The predicted octanol–water partition coefficient (Wildman–Crippen LogP) is 3.67. The number of hydrogen-bond donors (Lipinski definition) is 2. The van der Waals surface area contributed by atoms with Gasteiger partial charge in [-0.3, -0.25) is 19.4 Å². The van der Waals surface area contributed by atoms with Crippen molar-refractivity contribution in [2.24, 2.45) is 17.8 Å². The van der Waals surface area contributed by atoms with Gasteiger partial charge in [-0.15, -0.1) is 0 Å². The second-order valence-electron chi connectivity index (χ2n) is 13.2. The summed E-state index contributed by atoms with van der Waals surface area (Å²) >= 11 is 0. The Morgan fingerprint density at radius 3 is 2.21 bits per heavy atom. The van der Waals surface area contributed by atoms with Crippen molar-refractivity contribution in [1.82, 2.24) is 19.7 Å². The lowest BCUT2D eigenvalue weighted by Crippen LogP contribution is -2.53. The topological polar surface area (TPSA) is 114 Å². The maximum atomic E-state index is 13.9. The van der Waals surface area contributed by atoms with Crippen LogP contribution in [0, 0.1) is 17.8 Å². The number of hydrogen-bond acceptors (Lipinski definition) is 6. The van der Waals surface area contributed by atoms with Crippen molar-refractivity contribution < 1.29 is 24.6 Å². The van der Waals surface area contributed by atoms with Crippen molar-refractivity contribution in [2.45, 2.75) is 109 Å². The number of aliphatic hydroxyl groups excluding tert-OH is 2. The van der Waals surface area contributed by atoms with Gasteiger partial charge in [0, 0.05) is 58.3 Å². The van der Waals surface area contributed by atoms with Gasteiger partial charge < -0.3 is 24.9 Å². The van der Waals surface area contributed by atoms with Crippen LogP contribution >= 0.6 is 0 Å². The fraction of sp³-hybridized carbons (Fsp3) is 0.758. The van der Waals surface area contributed by atoms with Gasteiger partial charge in [0.05, 0.1) is 18.7 Å². The van der Waals surface area contributed by atoms with E-state index in [1.54, 1.807) is 25.2 Å². The highest BCUT2D eigenvalue weighted by molar-refractivity contribution is 5.87. The fourth-order valence-electron chi connectivity index (χ4n) is 6.00. The quantitative estimate of drug-likeness (QED) is 0.288. The van der Waals surface area contributed by atoms with Crippen LogP contribution in [-0.2, 0) is 20.8 Å². The molecule has 0 bridgehead atoms. The first kappa shape index (κ1) is 34.0. The molecule has 236 valence electrons. The third-order valence-corrected chi connectivity index (χ3v) is 8.77. The smallest absolute Gasteiger partial charge is 0.241 e. The van der Waals surface area contributed by atoms with E-state index in [-0.39, 0.29) is 43.0 Å². The van der Waals surface area contributed by atoms with E-state index in [0.29, 0.717) is 44.2 Å². The SMILES string of the molecule is CC(C)C[C@H](O)[C@H](O)[C@H](CC1CCCCC1)N(CC1CC1)C(=O)CCC(=O)N(CCc1ccccn1)CC(=O)N(C)C. The van der Waals surface area contributed by atoms with Crippen molar-refractivity contribution in [1.29, 1.82) is 0 Å². The van der Waals surface area contributed by atoms with E-state index < -0.39 is 18.2 Å². The number of carbonyl (C=O) groups excluding carboxylic acids is 3. The van der Waals surface area contributed by atoms with Crippen LogP contribution in [-0.4, -0.2) is 99.6 Å². The summed E-state index contributed by atoms with van der Waals surface area (Å²) in [6, 6.07) is 5.14. The summed E-state index contributed by atoms with van der Waals surface area (Å²) in [5.41, 5.74) is 0.832. The van der Waals surface area contributed by atoms with Gasteiger partial charge in [-0.25, -0.2) is 0 Å². The zero-order valence-electron chi connectivity index (χ0n) is 26.3. The molecule has 0 spiro atoms. The Morgan fingerprint density at radius 2 is 1.62 bits per heavy atom. The van der Waals surface area contributed by atoms with Crippen LogP contribution in [0.4, 0.5) is 0 Å². The zero-order chi connectivity index (χ0) is 30.6. The number of rotatable bonds is 17. The Labute approximate surface area is 252 Å². The van der Waals surface area contributed by atoms with Crippen molar-refractivity contribution in [3.05, 3.63) is 30.1 Å². The Hall–Kier alpha value is -2.52. The van der Waals surface area contributed by atoms with Gasteiger partial charge in [-0.2, -0.15) is 0 Å². The largest absolute Gasteiger partial charge is 0.390 e. The van der Waals surface area contributed by atoms with E-state index >= 15 is 0 Å². The van der Waals surface area contributed by atoms with Crippen molar-refractivity contribution in [2.75, 3.05) is 33.7 Å². The molecule has 0 saturated heterocycles. The summed E-state index contributed by atoms with van der Waals surface area (Å²) in [7, 11) is 3.32. The maximum absolute atomic E-state index is 13.9. The van der Waals surface area contributed by atoms with Crippen LogP contribution in [0.5, 0.6) is 0 Å². The first-order chi connectivity index (χ1) is 20.0. The lowest BCUT2D eigenvalue weighted by Gasteiger charge is -2.40. The highest BCUT2D eigenvalue weighted by Crippen LogP contribution is 2.35. The first-order valence-corrected chi connectivity index (χ1v) is 16.1. The van der Waals surface area contributed by atoms with Crippen LogP contribution in [0.15, 0.2) is 24.4 Å². The molecular weight excluding hydrogens is 532 g/mol. The van der Waals surface area contributed by atoms with Crippen LogP contribution in [0.1, 0.15) is 90.2 Å². The molecule has 2 saturated carbocycles. The summed E-state index contributed by atoms with van der Waals surface area (Å²) in [6.45, 7) is 4.87. The minimum atomic E-state index is -1.03. The number of aromatic nitrogens is 1. The lowest BCUT2D eigenvalue weighted by atomic mass is 9.81. The molecule has 0 aromatic carbocycles. The monoisotopic (exact) mass is 586 g/mol. The third kappa shape index (κ3) is 11.3. The summed E-state index contributed by atoms with van der Waals surface area (Å²) in [4.78, 5) is 48.9. The first-order valence-electron chi connectivity index (χ1n) is 16.1. The van der Waals surface area contributed by atoms with E-state index in [2.05, 4.69) is 4.98 Å². The molecule has 1 heterocycles. The Morgan fingerprint density at radius 1 is 0.929 bits per heavy atom. The minimum Gasteiger partial charge on any atom is -0.390 e. The normalized spacial score (nSPS) is 17.9. The molecular formula is C33H54N4O5. The Kier molecular flexibility index (Phi) is 13.7. The van der Waals surface area contributed by atoms with Gasteiger partial charge in [0.25, 0.3) is 0 Å². The highest BCUT2D eigenvalue weighted by Gasteiger charge is 2.38. The average Bonchev–Trinajstić information content (AvgIpc) is 3.80. The summed E-state index contributed by atoms with van der Waals surface area (Å²) < 4.78 is 0. The molecule has 0 radical (unpaired) electrons. The molecule has 3 amide bonds. The van der Waals surface area contributed by atoms with Crippen molar-refractivity contribution >= 4 is 17.7 Å².